The van der Waals surface area contributed by atoms with E-state index >= 15 is 0 Å². The molecule has 140 valence electrons. The number of sulfone groups is 1. The average Bonchev–Trinajstić information content (AvgIpc) is 3.16. The lowest BCUT2D eigenvalue weighted by Crippen LogP contribution is -2.38. The van der Waals surface area contributed by atoms with Gasteiger partial charge in [0.15, 0.2) is 9.84 Å². The number of carbonyl (C=O) groups excluding carboxylic acids is 1. The number of aryl methyl sites for hydroxylation is 1. The number of aromatic nitrogens is 1. The molecule has 7 nitrogen and oxygen atoms in total. The molecule has 0 spiro atoms. The van der Waals surface area contributed by atoms with Gasteiger partial charge in [0, 0.05) is 13.1 Å². The molecule has 1 aromatic carbocycles. The molecule has 0 saturated carbocycles. The van der Waals surface area contributed by atoms with Crippen LogP contribution in [0.4, 0.5) is 0 Å². The van der Waals surface area contributed by atoms with Crippen LogP contribution in [0.15, 0.2) is 28.7 Å². The predicted molar refractivity (Wildman–Crippen MR) is 96.8 cm³/mol. The van der Waals surface area contributed by atoms with Gasteiger partial charge in [0.25, 0.3) is 0 Å². The molecule has 0 N–H and O–H groups in total. The summed E-state index contributed by atoms with van der Waals surface area (Å²) in [7, 11) is 0.180. The van der Waals surface area contributed by atoms with Crippen molar-refractivity contribution >= 4 is 15.7 Å². The third-order valence-electron chi connectivity index (χ3n) is 4.70. The number of hydrogen-bond donors (Lipinski definition) is 0. The van der Waals surface area contributed by atoms with E-state index in [1.807, 2.05) is 24.3 Å². The zero-order valence-corrected chi connectivity index (χ0v) is 15.9. The van der Waals surface area contributed by atoms with Crippen LogP contribution in [0.5, 0.6) is 5.75 Å². The summed E-state index contributed by atoms with van der Waals surface area (Å²) in [5.74, 6) is 1.59. The van der Waals surface area contributed by atoms with Gasteiger partial charge < -0.3 is 14.1 Å². The second kappa shape index (κ2) is 7.11. The third kappa shape index (κ3) is 3.75. The highest BCUT2D eigenvalue weighted by Gasteiger charge is 2.33. The fraction of sp³-hybridized carbons (Fsp3) is 0.444. The predicted octanol–water partition coefficient (Wildman–Crippen LogP) is 1.85. The Morgan fingerprint density at radius 2 is 2.12 bits per heavy atom. The maximum atomic E-state index is 12.6. The largest absolute Gasteiger partial charge is 0.496 e. The lowest BCUT2D eigenvalue weighted by molar-refractivity contribution is -0.130. The molecule has 0 aliphatic carbocycles. The summed E-state index contributed by atoms with van der Waals surface area (Å²) in [6, 6.07) is 7.09. The number of likely N-dealkylation sites (N-methyl/N-ethyl adjacent to an activating group) is 1. The fourth-order valence-corrected chi connectivity index (χ4v) is 4.86. The van der Waals surface area contributed by atoms with E-state index in [9.17, 15) is 13.2 Å². The minimum absolute atomic E-state index is 0.0273. The van der Waals surface area contributed by atoms with Crippen molar-refractivity contribution in [3.8, 4) is 17.2 Å². The van der Waals surface area contributed by atoms with Crippen LogP contribution in [0.2, 0.25) is 0 Å². The molecule has 1 unspecified atom stereocenters. The molecular weight excluding hydrogens is 356 g/mol. The molecule has 1 aliphatic heterocycles. The second-order valence-corrected chi connectivity index (χ2v) is 8.69. The summed E-state index contributed by atoms with van der Waals surface area (Å²) in [4.78, 5) is 18.5. The molecule has 2 aromatic rings. The Hall–Kier alpha value is -2.35. The first-order valence-electron chi connectivity index (χ1n) is 8.36. The lowest BCUT2D eigenvalue weighted by Gasteiger charge is -2.23. The molecule has 1 saturated heterocycles. The quantitative estimate of drug-likeness (QED) is 0.789. The van der Waals surface area contributed by atoms with Crippen molar-refractivity contribution in [2.75, 3.05) is 25.7 Å². The van der Waals surface area contributed by atoms with Crippen molar-refractivity contribution in [3.05, 3.63) is 35.7 Å². The van der Waals surface area contributed by atoms with Crippen molar-refractivity contribution in [2.45, 2.75) is 25.8 Å². The first kappa shape index (κ1) is 18.4. The average molecular weight is 378 g/mol. The molecule has 1 aromatic heterocycles. The topological polar surface area (TPSA) is 89.7 Å². The highest BCUT2D eigenvalue weighted by molar-refractivity contribution is 7.91. The number of amides is 1. The van der Waals surface area contributed by atoms with Crippen LogP contribution in [0.25, 0.3) is 11.5 Å². The number of nitrogens with zero attached hydrogens (tertiary/aromatic N) is 2. The van der Waals surface area contributed by atoms with Gasteiger partial charge >= 0.3 is 0 Å². The summed E-state index contributed by atoms with van der Waals surface area (Å²) in [5, 5.41) is 0. The van der Waals surface area contributed by atoms with Crippen LogP contribution < -0.4 is 4.74 Å². The molecular formula is C18H22N2O5S. The smallest absolute Gasteiger partial charge is 0.230 e. The molecule has 26 heavy (non-hydrogen) atoms. The Kier molecular flexibility index (Phi) is 5.04. The van der Waals surface area contributed by atoms with E-state index in [-0.39, 0.29) is 29.9 Å². The van der Waals surface area contributed by atoms with Gasteiger partial charge in [-0.15, -0.1) is 0 Å². The fourth-order valence-electron chi connectivity index (χ4n) is 3.08. The van der Waals surface area contributed by atoms with Crippen molar-refractivity contribution in [2.24, 2.45) is 0 Å². The van der Waals surface area contributed by atoms with Crippen LogP contribution in [0.1, 0.15) is 17.9 Å². The van der Waals surface area contributed by atoms with Crippen molar-refractivity contribution in [1.29, 1.82) is 0 Å². The normalized spacial score (nSPS) is 18.7. The summed E-state index contributed by atoms with van der Waals surface area (Å²) in [5.41, 5.74) is 1.26. The zero-order valence-electron chi connectivity index (χ0n) is 15.1. The van der Waals surface area contributed by atoms with Crippen LogP contribution in [0.3, 0.4) is 0 Å². The molecule has 1 aliphatic rings. The maximum Gasteiger partial charge on any atom is 0.230 e. The molecule has 0 bridgehead atoms. The van der Waals surface area contributed by atoms with Crippen LogP contribution >= 0.6 is 0 Å². The summed E-state index contributed by atoms with van der Waals surface area (Å²) in [6.45, 7) is 1.76. The number of hydrogen-bond acceptors (Lipinski definition) is 6. The van der Waals surface area contributed by atoms with E-state index in [1.54, 1.807) is 21.1 Å². The Labute approximate surface area is 152 Å². The van der Waals surface area contributed by atoms with E-state index in [4.69, 9.17) is 9.15 Å². The van der Waals surface area contributed by atoms with E-state index in [0.29, 0.717) is 35.1 Å². The number of carbonyl (C=O) groups is 1. The lowest BCUT2D eigenvalue weighted by atomic mass is 10.2. The van der Waals surface area contributed by atoms with Gasteiger partial charge in [-0.05, 0) is 25.5 Å². The number of para-hydroxylation sites is 1. The van der Waals surface area contributed by atoms with Crippen LogP contribution in [0, 0.1) is 6.92 Å². The monoisotopic (exact) mass is 378 g/mol. The van der Waals surface area contributed by atoms with Crippen molar-refractivity contribution in [3.63, 3.8) is 0 Å². The van der Waals surface area contributed by atoms with Gasteiger partial charge in [0.2, 0.25) is 11.8 Å². The molecule has 3 rings (SSSR count). The number of benzene rings is 1. The van der Waals surface area contributed by atoms with Crippen LogP contribution in [-0.2, 0) is 21.1 Å². The van der Waals surface area contributed by atoms with Gasteiger partial charge in [0.1, 0.15) is 11.5 Å². The third-order valence-corrected chi connectivity index (χ3v) is 6.45. The number of rotatable bonds is 5. The Bertz CT molecular complexity index is 919. The minimum atomic E-state index is -3.04. The van der Waals surface area contributed by atoms with Crippen molar-refractivity contribution < 1.29 is 22.4 Å². The maximum absolute atomic E-state index is 12.6. The van der Waals surface area contributed by atoms with Gasteiger partial charge in [0.05, 0.1) is 36.3 Å². The van der Waals surface area contributed by atoms with E-state index < -0.39 is 9.84 Å². The Morgan fingerprint density at radius 1 is 1.38 bits per heavy atom. The summed E-state index contributed by atoms with van der Waals surface area (Å²) >= 11 is 0. The second-order valence-electron chi connectivity index (χ2n) is 6.46. The van der Waals surface area contributed by atoms with E-state index in [2.05, 4.69) is 4.98 Å². The van der Waals surface area contributed by atoms with Gasteiger partial charge in [-0.3, -0.25) is 4.79 Å². The highest BCUT2D eigenvalue weighted by atomic mass is 32.2. The van der Waals surface area contributed by atoms with Gasteiger partial charge in [-0.2, -0.15) is 0 Å². The summed E-state index contributed by atoms with van der Waals surface area (Å²) in [6.07, 6.45) is 0.548. The standard InChI is InChI=1S/C18H22N2O5S/c1-12-15(10-17(21)20(2)13-8-9-26(22,23)11-13)19-18(25-12)14-6-4-5-7-16(14)24-3/h4-7,13H,8-11H2,1-3H3. The zero-order chi connectivity index (χ0) is 18.9. The number of methoxy groups -OCH3 is 1. The Balaban J connectivity index is 1.76. The van der Waals surface area contributed by atoms with Crippen molar-refractivity contribution in [1.82, 2.24) is 9.88 Å². The Morgan fingerprint density at radius 3 is 2.77 bits per heavy atom. The van der Waals surface area contributed by atoms with E-state index in [0.717, 1.165) is 0 Å². The van der Waals surface area contributed by atoms with E-state index in [1.165, 1.54) is 4.90 Å². The molecule has 1 fully saturated rings. The van der Waals surface area contributed by atoms with Crippen LogP contribution in [-0.4, -0.2) is 55.9 Å². The molecule has 0 radical (unpaired) electrons. The van der Waals surface area contributed by atoms with Gasteiger partial charge in [-0.25, -0.2) is 13.4 Å². The van der Waals surface area contributed by atoms with Gasteiger partial charge in [-0.1, -0.05) is 12.1 Å². The molecule has 2 heterocycles. The first-order valence-corrected chi connectivity index (χ1v) is 10.2. The molecule has 8 heteroatoms. The minimum Gasteiger partial charge on any atom is -0.496 e. The highest BCUT2D eigenvalue weighted by Crippen LogP contribution is 2.30. The number of oxazole rings is 1. The first-order chi connectivity index (χ1) is 12.3. The SMILES string of the molecule is COc1ccccc1-c1nc(CC(=O)N(C)C2CCS(=O)(=O)C2)c(C)o1. The molecule has 1 amide bonds. The number of ether oxygens (including phenoxy) is 1. The molecule has 1 atom stereocenters. The summed E-state index contributed by atoms with van der Waals surface area (Å²) < 4.78 is 34.3.